The minimum atomic E-state index is -0.163. The second kappa shape index (κ2) is 5.00. The van der Waals surface area contributed by atoms with Crippen molar-refractivity contribution in [1.82, 2.24) is 25.4 Å². The maximum atomic E-state index is 11.7. The first-order valence-electron chi connectivity index (χ1n) is 5.86. The molecule has 1 fully saturated rings. The van der Waals surface area contributed by atoms with Crippen molar-refractivity contribution in [3.8, 4) is 0 Å². The summed E-state index contributed by atoms with van der Waals surface area (Å²) >= 11 is 1.31. The van der Waals surface area contributed by atoms with E-state index in [1.165, 1.54) is 11.8 Å². The van der Waals surface area contributed by atoms with Crippen LogP contribution in [0.4, 0.5) is 5.82 Å². The number of carbonyl (C=O) groups excluding carboxylic acids is 1. The molecule has 8 nitrogen and oxygen atoms in total. The van der Waals surface area contributed by atoms with Crippen molar-refractivity contribution in [2.45, 2.75) is 31.0 Å². The minimum Gasteiger partial charge on any atom is -0.360 e. The Hall–Kier alpha value is -1.90. The molecular weight excluding hydrogens is 268 g/mol. The second-order valence-electron chi connectivity index (χ2n) is 4.30. The van der Waals surface area contributed by atoms with E-state index in [1.807, 2.05) is 0 Å². The zero-order chi connectivity index (χ0) is 13.2. The molecule has 3 rings (SSSR count). The fraction of sp³-hybridized carbons (Fsp3) is 0.500. The Bertz CT molecular complexity index is 590. The summed E-state index contributed by atoms with van der Waals surface area (Å²) in [5, 5.41) is 18.5. The normalized spacial score (nSPS) is 14.6. The lowest BCUT2D eigenvalue weighted by atomic mass is 10.5. The first kappa shape index (κ1) is 12.2. The Morgan fingerprint density at radius 2 is 2.47 bits per heavy atom. The van der Waals surface area contributed by atoms with Gasteiger partial charge in [0.25, 0.3) is 0 Å². The van der Waals surface area contributed by atoms with Crippen LogP contribution in [0.25, 0.3) is 0 Å². The highest BCUT2D eigenvalue weighted by Crippen LogP contribution is 2.36. The fourth-order valence-corrected chi connectivity index (χ4v) is 2.31. The van der Waals surface area contributed by atoms with Crippen LogP contribution in [0, 0.1) is 6.92 Å². The molecule has 0 bridgehead atoms. The van der Waals surface area contributed by atoms with E-state index in [0.29, 0.717) is 22.8 Å². The zero-order valence-electron chi connectivity index (χ0n) is 10.2. The third-order valence-corrected chi connectivity index (χ3v) is 3.52. The van der Waals surface area contributed by atoms with Gasteiger partial charge in [0.1, 0.15) is 5.76 Å². The maximum absolute atomic E-state index is 11.7. The van der Waals surface area contributed by atoms with Gasteiger partial charge in [0, 0.05) is 6.07 Å². The summed E-state index contributed by atoms with van der Waals surface area (Å²) in [6.07, 6.45) is 2.20. The average molecular weight is 280 g/mol. The largest absolute Gasteiger partial charge is 0.360 e. The number of nitrogens with zero attached hydrogens (tertiary/aromatic N) is 5. The zero-order valence-corrected chi connectivity index (χ0v) is 11.1. The number of hydrogen-bond acceptors (Lipinski definition) is 7. The molecule has 1 aliphatic rings. The lowest BCUT2D eigenvalue weighted by Gasteiger charge is -2.02. The van der Waals surface area contributed by atoms with Crippen molar-refractivity contribution >= 4 is 23.5 Å². The summed E-state index contributed by atoms with van der Waals surface area (Å²) in [6.45, 7) is 1.77. The number of aromatic nitrogens is 5. The van der Waals surface area contributed by atoms with Crippen LogP contribution < -0.4 is 5.32 Å². The highest BCUT2D eigenvalue weighted by Gasteiger charge is 2.28. The van der Waals surface area contributed by atoms with E-state index in [1.54, 1.807) is 17.7 Å². The van der Waals surface area contributed by atoms with Crippen LogP contribution in [0.2, 0.25) is 0 Å². The fourth-order valence-electron chi connectivity index (χ4n) is 1.56. The standard InChI is InChI=1S/C10H12N6O2S/c1-6-4-8(13-18-6)11-9(17)5-19-10-12-14-15-16(10)7-2-3-7/h4,7H,2-3,5H2,1H3,(H,11,13,17). The van der Waals surface area contributed by atoms with Gasteiger partial charge in [0.05, 0.1) is 11.8 Å². The molecule has 19 heavy (non-hydrogen) atoms. The van der Waals surface area contributed by atoms with Crippen molar-refractivity contribution < 1.29 is 9.32 Å². The number of thioether (sulfide) groups is 1. The number of hydrogen-bond donors (Lipinski definition) is 1. The molecule has 0 saturated heterocycles. The summed E-state index contributed by atoms with van der Waals surface area (Å²) < 4.78 is 6.64. The van der Waals surface area contributed by atoms with Crippen molar-refractivity contribution in [3.63, 3.8) is 0 Å². The van der Waals surface area contributed by atoms with Gasteiger partial charge in [-0.2, -0.15) is 0 Å². The van der Waals surface area contributed by atoms with Gasteiger partial charge < -0.3 is 9.84 Å². The molecule has 9 heteroatoms. The Balaban J connectivity index is 1.54. The molecule has 2 aromatic rings. The van der Waals surface area contributed by atoms with Gasteiger partial charge in [-0.1, -0.05) is 16.9 Å². The molecule has 1 N–H and O–H groups in total. The number of carbonyl (C=O) groups is 1. The number of nitrogens with one attached hydrogen (secondary N) is 1. The highest BCUT2D eigenvalue weighted by atomic mass is 32.2. The molecule has 0 atom stereocenters. The average Bonchev–Trinajstić information content (AvgIpc) is 2.98. The number of amides is 1. The first-order chi connectivity index (χ1) is 9.22. The summed E-state index contributed by atoms with van der Waals surface area (Å²) in [6, 6.07) is 2.07. The molecule has 2 heterocycles. The van der Waals surface area contributed by atoms with E-state index >= 15 is 0 Å². The van der Waals surface area contributed by atoms with Crippen LogP contribution >= 0.6 is 11.8 Å². The molecule has 0 unspecified atom stereocenters. The van der Waals surface area contributed by atoms with E-state index in [4.69, 9.17) is 4.52 Å². The molecule has 0 aromatic carbocycles. The molecule has 0 aliphatic heterocycles. The maximum Gasteiger partial charge on any atom is 0.236 e. The molecule has 1 saturated carbocycles. The minimum absolute atomic E-state index is 0.163. The number of rotatable bonds is 5. The lowest BCUT2D eigenvalue weighted by Crippen LogP contribution is -2.14. The molecule has 2 aromatic heterocycles. The van der Waals surface area contributed by atoms with E-state index < -0.39 is 0 Å². The predicted molar refractivity (Wildman–Crippen MR) is 66.7 cm³/mol. The molecule has 1 aliphatic carbocycles. The number of aryl methyl sites for hydroxylation is 1. The quantitative estimate of drug-likeness (QED) is 0.817. The van der Waals surface area contributed by atoms with E-state index in [2.05, 4.69) is 26.0 Å². The Kier molecular flexibility index (Phi) is 3.20. The molecular formula is C10H12N6O2S. The molecule has 1 amide bonds. The van der Waals surface area contributed by atoms with Crippen LogP contribution in [-0.4, -0.2) is 37.0 Å². The van der Waals surface area contributed by atoms with Gasteiger partial charge in [-0.15, -0.1) is 5.10 Å². The molecule has 0 radical (unpaired) electrons. The number of anilines is 1. The Labute approximate surface area is 112 Å². The van der Waals surface area contributed by atoms with Crippen molar-refractivity contribution in [2.24, 2.45) is 0 Å². The van der Waals surface area contributed by atoms with Crippen LogP contribution in [0.1, 0.15) is 24.6 Å². The van der Waals surface area contributed by atoms with Crippen LogP contribution in [0.3, 0.4) is 0 Å². The number of tetrazole rings is 1. The molecule has 100 valence electrons. The van der Waals surface area contributed by atoms with Crippen LogP contribution in [0.15, 0.2) is 15.7 Å². The van der Waals surface area contributed by atoms with Gasteiger partial charge in [-0.25, -0.2) is 4.68 Å². The van der Waals surface area contributed by atoms with Gasteiger partial charge in [0.2, 0.25) is 11.1 Å². The van der Waals surface area contributed by atoms with Crippen LogP contribution in [-0.2, 0) is 4.79 Å². The Morgan fingerprint density at radius 1 is 1.63 bits per heavy atom. The smallest absolute Gasteiger partial charge is 0.236 e. The van der Waals surface area contributed by atoms with E-state index in [-0.39, 0.29) is 11.7 Å². The third-order valence-electron chi connectivity index (χ3n) is 2.58. The predicted octanol–water partition coefficient (Wildman–Crippen LogP) is 1.04. The first-order valence-corrected chi connectivity index (χ1v) is 6.85. The van der Waals surface area contributed by atoms with Gasteiger partial charge in [-0.3, -0.25) is 4.79 Å². The van der Waals surface area contributed by atoms with Gasteiger partial charge in [0.15, 0.2) is 5.82 Å². The van der Waals surface area contributed by atoms with Crippen LogP contribution in [0.5, 0.6) is 0 Å². The lowest BCUT2D eigenvalue weighted by molar-refractivity contribution is -0.113. The van der Waals surface area contributed by atoms with E-state index in [9.17, 15) is 4.79 Å². The van der Waals surface area contributed by atoms with Crippen molar-refractivity contribution in [3.05, 3.63) is 11.8 Å². The van der Waals surface area contributed by atoms with Gasteiger partial charge in [-0.05, 0) is 30.2 Å². The summed E-state index contributed by atoms with van der Waals surface area (Å²) in [7, 11) is 0. The van der Waals surface area contributed by atoms with Crippen molar-refractivity contribution in [2.75, 3.05) is 11.1 Å². The molecule has 0 spiro atoms. The Morgan fingerprint density at radius 3 is 3.16 bits per heavy atom. The highest BCUT2D eigenvalue weighted by molar-refractivity contribution is 7.99. The monoisotopic (exact) mass is 280 g/mol. The van der Waals surface area contributed by atoms with E-state index in [0.717, 1.165) is 12.8 Å². The summed E-state index contributed by atoms with van der Waals surface area (Å²) in [5.74, 6) is 1.15. The SMILES string of the molecule is Cc1cc(NC(=O)CSc2nnnn2C2CC2)no1. The second-order valence-corrected chi connectivity index (χ2v) is 5.24. The third kappa shape index (κ3) is 2.92. The summed E-state index contributed by atoms with van der Waals surface area (Å²) in [5.41, 5.74) is 0. The topological polar surface area (TPSA) is 98.7 Å². The van der Waals surface area contributed by atoms with Crippen molar-refractivity contribution in [1.29, 1.82) is 0 Å². The van der Waals surface area contributed by atoms with Gasteiger partial charge >= 0.3 is 0 Å². The summed E-state index contributed by atoms with van der Waals surface area (Å²) in [4.78, 5) is 11.7.